The maximum Gasteiger partial charge on any atom is 0.337 e. The molecule has 1 saturated carbocycles. The molecule has 1 aliphatic rings. The molecule has 142 valence electrons. The highest BCUT2D eigenvalue weighted by Crippen LogP contribution is 2.40. The first kappa shape index (κ1) is 17.6. The van der Waals surface area contributed by atoms with Gasteiger partial charge in [0.2, 0.25) is 0 Å². The SMILES string of the molecule is O=C(O)c1cc(C2CC2)cnc1Cc1cccc2c(-c3ccccc3)ccnc12. The van der Waals surface area contributed by atoms with Crippen LogP contribution in [0.1, 0.15) is 45.9 Å². The van der Waals surface area contributed by atoms with Crippen LogP contribution < -0.4 is 0 Å². The van der Waals surface area contributed by atoms with Crippen LogP contribution in [0.3, 0.4) is 0 Å². The largest absolute Gasteiger partial charge is 0.478 e. The van der Waals surface area contributed by atoms with Crippen molar-refractivity contribution in [3.05, 3.63) is 95.4 Å². The lowest BCUT2D eigenvalue weighted by atomic mass is 9.96. The molecule has 0 amide bonds. The molecule has 0 atom stereocenters. The highest BCUT2D eigenvalue weighted by atomic mass is 16.4. The number of fused-ring (bicyclic) bond motifs is 1. The van der Waals surface area contributed by atoms with E-state index in [1.807, 2.05) is 48.8 Å². The number of aromatic carboxylic acids is 1. The van der Waals surface area contributed by atoms with Crippen molar-refractivity contribution in [1.82, 2.24) is 9.97 Å². The zero-order valence-corrected chi connectivity index (χ0v) is 15.9. The molecule has 2 aromatic carbocycles. The van der Waals surface area contributed by atoms with E-state index in [9.17, 15) is 9.90 Å². The fourth-order valence-corrected chi connectivity index (χ4v) is 3.90. The minimum Gasteiger partial charge on any atom is -0.478 e. The number of para-hydroxylation sites is 1. The average molecular weight is 380 g/mol. The Bertz CT molecular complexity index is 1210. The van der Waals surface area contributed by atoms with Gasteiger partial charge >= 0.3 is 5.97 Å². The molecular weight excluding hydrogens is 360 g/mol. The molecule has 4 aromatic rings. The first-order chi connectivity index (χ1) is 14.2. The van der Waals surface area contributed by atoms with Crippen molar-refractivity contribution in [2.45, 2.75) is 25.2 Å². The highest BCUT2D eigenvalue weighted by molar-refractivity contribution is 5.96. The summed E-state index contributed by atoms with van der Waals surface area (Å²) in [4.78, 5) is 21.0. The Kier molecular flexibility index (Phi) is 4.32. The van der Waals surface area contributed by atoms with Crippen molar-refractivity contribution in [1.29, 1.82) is 0 Å². The van der Waals surface area contributed by atoms with Gasteiger partial charge in [-0.25, -0.2) is 4.79 Å². The van der Waals surface area contributed by atoms with Crippen LogP contribution in [0.5, 0.6) is 0 Å². The average Bonchev–Trinajstić information content (AvgIpc) is 3.60. The van der Waals surface area contributed by atoms with Gasteiger partial charge in [0.1, 0.15) is 0 Å². The number of hydrogen-bond donors (Lipinski definition) is 1. The van der Waals surface area contributed by atoms with Gasteiger partial charge in [-0.3, -0.25) is 9.97 Å². The molecule has 2 aromatic heterocycles. The van der Waals surface area contributed by atoms with Crippen molar-refractivity contribution in [2.24, 2.45) is 0 Å². The summed E-state index contributed by atoms with van der Waals surface area (Å²) >= 11 is 0. The van der Waals surface area contributed by atoms with Crippen molar-refractivity contribution < 1.29 is 9.90 Å². The van der Waals surface area contributed by atoms with Crippen molar-refractivity contribution in [2.75, 3.05) is 0 Å². The highest BCUT2D eigenvalue weighted by Gasteiger charge is 2.26. The molecule has 1 aliphatic carbocycles. The van der Waals surface area contributed by atoms with Gasteiger partial charge in [0.05, 0.1) is 16.8 Å². The van der Waals surface area contributed by atoms with Crippen LogP contribution in [0.25, 0.3) is 22.0 Å². The van der Waals surface area contributed by atoms with Crippen molar-refractivity contribution in [3.63, 3.8) is 0 Å². The molecule has 0 radical (unpaired) electrons. The summed E-state index contributed by atoms with van der Waals surface area (Å²) in [5.41, 5.74) is 6.04. The van der Waals surface area contributed by atoms with Gasteiger partial charge in [0, 0.05) is 24.2 Å². The molecule has 0 aliphatic heterocycles. The summed E-state index contributed by atoms with van der Waals surface area (Å²) < 4.78 is 0. The molecule has 2 heterocycles. The van der Waals surface area contributed by atoms with Gasteiger partial charge in [-0.15, -0.1) is 0 Å². The number of aromatic nitrogens is 2. The normalized spacial score (nSPS) is 13.5. The van der Waals surface area contributed by atoms with Crippen LogP contribution in [0, 0.1) is 0 Å². The first-order valence-corrected chi connectivity index (χ1v) is 9.85. The molecule has 29 heavy (non-hydrogen) atoms. The molecule has 4 nitrogen and oxygen atoms in total. The first-order valence-electron chi connectivity index (χ1n) is 9.85. The van der Waals surface area contributed by atoms with E-state index < -0.39 is 5.97 Å². The number of pyridine rings is 2. The topological polar surface area (TPSA) is 63.1 Å². The maximum absolute atomic E-state index is 11.9. The fraction of sp³-hybridized carbons (Fsp3) is 0.160. The lowest BCUT2D eigenvalue weighted by Crippen LogP contribution is -2.07. The van der Waals surface area contributed by atoms with Crippen molar-refractivity contribution >= 4 is 16.9 Å². The summed E-state index contributed by atoms with van der Waals surface area (Å²) in [6.45, 7) is 0. The second kappa shape index (κ2) is 7.13. The van der Waals surface area contributed by atoms with Crippen LogP contribution >= 0.6 is 0 Å². The number of nitrogens with zero attached hydrogens (tertiary/aromatic N) is 2. The lowest BCUT2D eigenvalue weighted by molar-refractivity contribution is 0.0695. The zero-order chi connectivity index (χ0) is 19.8. The standard InChI is InChI=1S/C25H20N2O2/c28-25(29)22-13-19(16-9-10-16)15-27-23(22)14-18-7-4-8-21-20(11-12-26-24(18)21)17-5-2-1-3-6-17/h1-8,11-13,15-16H,9-10,14H2,(H,28,29). The Labute approximate surface area is 168 Å². The number of benzene rings is 2. The Balaban J connectivity index is 1.59. The van der Waals surface area contributed by atoms with Gasteiger partial charge < -0.3 is 5.11 Å². The predicted molar refractivity (Wildman–Crippen MR) is 113 cm³/mol. The van der Waals surface area contributed by atoms with E-state index in [2.05, 4.69) is 28.2 Å². The van der Waals surface area contributed by atoms with E-state index in [0.29, 0.717) is 23.6 Å². The molecule has 0 bridgehead atoms. The molecule has 0 saturated heterocycles. The van der Waals surface area contributed by atoms with Gasteiger partial charge in [-0.05, 0) is 53.1 Å². The maximum atomic E-state index is 11.9. The predicted octanol–water partition coefficient (Wildman–Crippen LogP) is 5.46. The second-order valence-corrected chi connectivity index (χ2v) is 7.56. The number of hydrogen-bond acceptors (Lipinski definition) is 3. The quantitative estimate of drug-likeness (QED) is 0.499. The van der Waals surface area contributed by atoms with Crippen LogP contribution in [0.4, 0.5) is 0 Å². The van der Waals surface area contributed by atoms with Crippen LogP contribution in [0.2, 0.25) is 0 Å². The van der Waals surface area contributed by atoms with Crippen LogP contribution in [0.15, 0.2) is 73.1 Å². The Morgan fingerprint density at radius 1 is 1.00 bits per heavy atom. The van der Waals surface area contributed by atoms with Gasteiger partial charge in [0.15, 0.2) is 0 Å². The summed E-state index contributed by atoms with van der Waals surface area (Å²) in [6.07, 6.45) is 6.34. The molecule has 4 heteroatoms. The third-order valence-electron chi connectivity index (χ3n) is 5.57. The van der Waals surface area contributed by atoms with Gasteiger partial charge in [0.25, 0.3) is 0 Å². The molecular formula is C25H20N2O2. The van der Waals surface area contributed by atoms with E-state index in [4.69, 9.17) is 0 Å². The van der Waals surface area contributed by atoms with Crippen LogP contribution in [-0.2, 0) is 6.42 Å². The second-order valence-electron chi connectivity index (χ2n) is 7.56. The number of rotatable bonds is 5. The molecule has 1 N–H and O–H groups in total. The number of carboxylic acids is 1. The van der Waals surface area contributed by atoms with Gasteiger partial charge in [-0.1, -0.05) is 48.5 Å². The van der Waals surface area contributed by atoms with E-state index in [1.165, 1.54) is 0 Å². The Hall–Kier alpha value is -3.53. The van der Waals surface area contributed by atoms with E-state index >= 15 is 0 Å². The summed E-state index contributed by atoms with van der Waals surface area (Å²) in [5.74, 6) is -0.449. The Morgan fingerprint density at radius 2 is 1.83 bits per heavy atom. The molecule has 1 fully saturated rings. The summed E-state index contributed by atoms with van der Waals surface area (Å²) in [5, 5.41) is 10.8. The molecule has 0 unspecified atom stereocenters. The third-order valence-corrected chi connectivity index (χ3v) is 5.57. The van der Waals surface area contributed by atoms with Crippen LogP contribution in [-0.4, -0.2) is 21.0 Å². The zero-order valence-electron chi connectivity index (χ0n) is 15.9. The minimum absolute atomic E-state index is 0.297. The van der Waals surface area contributed by atoms with E-state index in [0.717, 1.165) is 46.0 Å². The molecule has 5 rings (SSSR count). The summed E-state index contributed by atoms with van der Waals surface area (Å²) in [6, 6.07) is 20.1. The molecule has 0 spiro atoms. The third kappa shape index (κ3) is 3.38. The van der Waals surface area contributed by atoms with E-state index in [1.54, 1.807) is 6.07 Å². The minimum atomic E-state index is -0.923. The smallest absolute Gasteiger partial charge is 0.337 e. The Morgan fingerprint density at radius 3 is 2.59 bits per heavy atom. The van der Waals surface area contributed by atoms with Crippen molar-refractivity contribution in [3.8, 4) is 11.1 Å². The lowest BCUT2D eigenvalue weighted by Gasteiger charge is -2.12. The van der Waals surface area contributed by atoms with Gasteiger partial charge in [-0.2, -0.15) is 0 Å². The van der Waals surface area contributed by atoms with E-state index in [-0.39, 0.29) is 0 Å². The number of carbonyl (C=O) groups is 1. The monoisotopic (exact) mass is 380 g/mol. The summed E-state index contributed by atoms with van der Waals surface area (Å²) in [7, 11) is 0. The number of carboxylic acid groups (broad SMARTS) is 1. The fourth-order valence-electron chi connectivity index (χ4n) is 3.90.